The van der Waals surface area contributed by atoms with Gasteiger partial charge in [-0.25, -0.2) is 0 Å². The summed E-state index contributed by atoms with van der Waals surface area (Å²) in [7, 11) is 0. The molecule has 9 nitrogen and oxygen atoms in total. The highest BCUT2D eigenvalue weighted by atomic mass is 16.6. The highest BCUT2D eigenvalue weighted by Crippen LogP contribution is 2.38. The van der Waals surface area contributed by atoms with Crippen molar-refractivity contribution >= 4 is 22.7 Å². The first-order valence-electron chi connectivity index (χ1n) is 8.33. The second-order valence-electron chi connectivity index (χ2n) is 6.67. The lowest BCUT2D eigenvalue weighted by Crippen LogP contribution is -1.95. The molecule has 0 aliphatic heterocycles. The maximum atomic E-state index is 11.2. The number of azo groups is 1. The van der Waals surface area contributed by atoms with E-state index in [9.17, 15) is 25.3 Å². The fourth-order valence-electron chi connectivity index (χ4n) is 2.57. The van der Waals surface area contributed by atoms with Crippen molar-refractivity contribution in [2.75, 3.05) is 0 Å². The predicted octanol–water partition coefficient (Wildman–Crippen LogP) is 5.87. The van der Waals surface area contributed by atoms with Gasteiger partial charge in [0.05, 0.1) is 21.6 Å². The number of nitro benzene ring substituents is 2. The summed E-state index contributed by atoms with van der Waals surface area (Å²) in [6.45, 7) is 7.73. The molecule has 0 radical (unpaired) electrons. The number of nitro groups is 2. The Hall–Kier alpha value is -3.36. The Morgan fingerprint density at radius 2 is 1.44 bits per heavy atom. The minimum atomic E-state index is -0.739. The van der Waals surface area contributed by atoms with Gasteiger partial charge >= 0.3 is 5.69 Å². The standard InChI is InChI=1S/C18H20N4O5/c1-10(2)14-7-12(8-15(11(3)4)18(14)23)19-20-16-6-5-13(21(24)25)9-17(16)22(26)27/h5-11,23H,1-4H3. The second-order valence-corrected chi connectivity index (χ2v) is 6.67. The van der Waals surface area contributed by atoms with Crippen molar-refractivity contribution in [3.05, 3.63) is 61.7 Å². The second kappa shape index (κ2) is 7.90. The topological polar surface area (TPSA) is 131 Å². The Morgan fingerprint density at radius 1 is 0.889 bits per heavy atom. The zero-order valence-electron chi connectivity index (χ0n) is 15.4. The van der Waals surface area contributed by atoms with Gasteiger partial charge in [0.1, 0.15) is 5.75 Å². The highest BCUT2D eigenvalue weighted by molar-refractivity contribution is 5.62. The minimum Gasteiger partial charge on any atom is -0.507 e. The number of phenols is 1. The van der Waals surface area contributed by atoms with Gasteiger partial charge in [-0.3, -0.25) is 20.2 Å². The maximum absolute atomic E-state index is 11.2. The lowest BCUT2D eigenvalue weighted by atomic mass is 9.93. The molecule has 0 saturated carbocycles. The molecule has 142 valence electrons. The van der Waals surface area contributed by atoms with Gasteiger partial charge in [-0.2, -0.15) is 5.11 Å². The smallest absolute Gasteiger partial charge is 0.303 e. The molecule has 0 unspecified atom stereocenters. The summed E-state index contributed by atoms with van der Waals surface area (Å²) >= 11 is 0. The van der Waals surface area contributed by atoms with E-state index in [4.69, 9.17) is 0 Å². The van der Waals surface area contributed by atoms with Crippen LogP contribution in [-0.4, -0.2) is 15.0 Å². The first kappa shape index (κ1) is 20.0. The van der Waals surface area contributed by atoms with E-state index in [1.807, 2.05) is 27.7 Å². The lowest BCUT2D eigenvalue weighted by Gasteiger charge is -2.15. The van der Waals surface area contributed by atoms with E-state index in [0.717, 1.165) is 12.1 Å². The average Bonchev–Trinajstić information content (AvgIpc) is 2.59. The van der Waals surface area contributed by atoms with Crippen LogP contribution in [0.3, 0.4) is 0 Å². The van der Waals surface area contributed by atoms with Crippen LogP contribution < -0.4 is 0 Å². The summed E-state index contributed by atoms with van der Waals surface area (Å²) in [4.78, 5) is 20.5. The third-order valence-corrected chi connectivity index (χ3v) is 4.04. The molecule has 2 aromatic rings. The Balaban J connectivity index is 2.52. The van der Waals surface area contributed by atoms with Crippen molar-refractivity contribution in [3.8, 4) is 5.75 Å². The molecule has 0 amide bonds. The molecule has 0 aliphatic rings. The van der Waals surface area contributed by atoms with Gasteiger partial charge in [-0.05, 0) is 41.2 Å². The first-order valence-corrected chi connectivity index (χ1v) is 8.33. The summed E-state index contributed by atoms with van der Waals surface area (Å²) < 4.78 is 0. The third kappa shape index (κ3) is 4.43. The van der Waals surface area contributed by atoms with Gasteiger partial charge in [0.25, 0.3) is 5.69 Å². The highest BCUT2D eigenvalue weighted by Gasteiger charge is 2.20. The molecule has 2 aromatic carbocycles. The molecule has 0 aromatic heterocycles. The molecule has 0 aliphatic carbocycles. The van der Waals surface area contributed by atoms with Crippen molar-refractivity contribution in [1.82, 2.24) is 0 Å². The maximum Gasteiger partial charge on any atom is 0.303 e. The van der Waals surface area contributed by atoms with E-state index in [1.165, 1.54) is 6.07 Å². The van der Waals surface area contributed by atoms with Gasteiger partial charge in [0, 0.05) is 6.07 Å². The van der Waals surface area contributed by atoms with Crippen molar-refractivity contribution < 1.29 is 15.0 Å². The zero-order chi connectivity index (χ0) is 20.3. The minimum absolute atomic E-state index is 0.0476. The molecular weight excluding hydrogens is 352 g/mol. The number of rotatable bonds is 6. The number of benzene rings is 2. The molecule has 1 N–H and O–H groups in total. The predicted molar refractivity (Wildman–Crippen MR) is 100 cm³/mol. The summed E-state index contributed by atoms with van der Waals surface area (Å²) in [5, 5.41) is 40.4. The van der Waals surface area contributed by atoms with Gasteiger partial charge in [0.15, 0.2) is 5.69 Å². The van der Waals surface area contributed by atoms with Crippen molar-refractivity contribution in [2.24, 2.45) is 10.2 Å². The Bertz CT molecular complexity index is 893. The fraction of sp³-hybridized carbons (Fsp3) is 0.333. The average molecular weight is 372 g/mol. The molecule has 9 heteroatoms. The van der Waals surface area contributed by atoms with Crippen molar-refractivity contribution in [2.45, 2.75) is 39.5 Å². The van der Waals surface area contributed by atoms with Gasteiger partial charge in [-0.15, -0.1) is 5.11 Å². The molecule has 0 saturated heterocycles. The van der Waals surface area contributed by atoms with Crippen molar-refractivity contribution in [1.29, 1.82) is 0 Å². The molecule has 2 rings (SSSR count). The largest absolute Gasteiger partial charge is 0.507 e. The molecule has 0 fully saturated rings. The van der Waals surface area contributed by atoms with E-state index in [2.05, 4.69) is 10.2 Å². The monoisotopic (exact) mass is 372 g/mol. The molecule has 0 spiro atoms. The summed E-state index contributed by atoms with van der Waals surface area (Å²) in [6.07, 6.45) is 0. The number of non-ortho nitro benzene ring substituents is 1. The normalized spacial score (nSPS) is 11.5. The number of aromatic hydroxyl groups is 1. The van der Waals surface area contributed by atoms with Crippen molar-refractivity contribution in [3.63, 3.8) is 0 Å². The van der Waals surface area contributed by atoms with E-state index < -0.39 is 21.2 Å². The number of hydrogen-bond acceptors (Lipinski definition) is 7. The van der Waals surface area contributed by atoms with Gasteiger partial charge in [-0.1, -0.05) is 27.7 Å². The number of phenolic OH excluding ortho intramolecular Hbond substituents is 1. The summed E-state index contributed by atoms with van der Waals surface area (Å²) in [5.41, 5.74) is 0.861. The Labute approximate surface area is 155 Å². The number of hydrogen-bond donors (Lipinski definition) is 1. The van der Waals surface area contributed by atoms with Gasteiger partial charge < -0.3 is 5.11 Å². The SMILES string of the molecule is CC(C)c1cc(N=Nc2ccc([N+](=O)[O-])cc2[N+](=O)[O-])cc(C(C)C)c1O. The van der Waals surface area contributed by atoms with Crippen LogP contribution in [0.5, 0.6) is 5.75 Å². The van der Waals surface area contributed by atoms with Crippen LogP contribution in [0.2, 0.25) is 0 Å². The van der Waals surface area contributed by atoms with Crippen LogP contribution >= 0.6 is 0 Å². The quantitative estimate of drug-likeness (QED) is 0.385. The van der Waals surface area contributed by atoms with Crippen LogP contribution in [0.15, 0.2) is 40.6 Å². The van der Waals surface area contributed by atoms with Gasteiger partial charge in [0.2, 0.25) is 0 Å². The summed E-state index contributed by atoms with van der Waals surface area (Å²) in [5.74, 6) is 0.304. The molecule has 0 bridgehead atoms. The molecule has 0 heterocycles. The van der Waals surface area contributed by atoms with E-state index in [1.54, 1.807) is 12.1 Å². The van der Waals surface area contributed by atoms with E-state index in [0.29, 0.717) is 16.8 Å². The van der Waals surface area contributed by atoms with E-state index in [-0.39, 0.29) is 23.3 Å². The Kier molecular flexibility index (Phi) is 5.84. The van der Waals surface area contributed by atoms with Crippen LogP contribution in [-0.2, 0) is 0 Å². The lowest BCUT2D eigenvalue weighted by molar-refractivity contribution is -0.393. The zero-order valence-corrected chi connectivity index (χ0v) is 15.4. The fourth-order valence-corrected chi connectivity index (χ4v) is 2.57. The van der Waals surface area contributed by atoms with Crippen LogP contribution in [0.4, 0.5) is 22.7 Å². The number of nitrogens with zero attached hydrogens (tertiary/aromatic N) is 4. The molecule has 27 heavy (non-hydrogen) atoms. The van der Waals surface area contributed by atoms with Crippen LogP contribution in [0.1, 0.15) is 50.7 Å². The first-order chi connectivity index (χ1) is 12.6. The van der Waals surface area contributed by atoms with Crippen LogP contribution in [0, 0.1) is 20.2 Å². The third-order valence-electron chi connectivity index (χ3n) is 4.04. The molecule has 0 atom stereocenters. The molecular formula is C18H20N4O5. The Morgan fingerprint density at radius 3 is 1.89 bits per heavy atom. The van der Waals surface area contributed by atoms with Crippen LogP contribution in [0.25, 0.3) is 0 Å². The summed E-state index contributed by atoms with van der Waals surface area (Å²) in [6, 6.07) is 6.52. The van der Waals surface area contributed by atoms with E-state index >= 15 is 0 Å².